The van der Waals surface area contributed by atoms with Gasteiger partial charge in [0.25, 0.3) is 0 Å². The minimum absolute atomic E-state index is 0.338. The summed E-state index contributed by atoms with van der Waals surface area (Å²) < 4.78 is 0. The maximum atomic E-state index is 5.24. The average molecular weight is 186 g/mol. The van der Waals surface area contributed by atoms with E-state index >= 15 is 0 Å². The number of hydrogen-bond acceptors (Lipinski definition) is 3. The van der Waals surface area contributed by atoms with Crippen molar-refractivity contribution in [2.75, 3.05) is 6.61 Å². The summed E-state index contributed by atoms with van der Waals surface area (Å²) in [4.78, 5) is 9.59. The summed E-state index contributed by atoms with van der Waals surface area (Å²) in [5.41, 5.74) is 4.83. The summed E-state index contributed by atoms with van der Waals surface area (Å²) >= 11 is 0. The van der Waals surface area contributed by atoms with Gasteiger partial charge in [0.05, 0.1) is 12.3 Å². The largest absolute Gasteiger partial charge is 0.296 e. The second-order valence-corrected chi connectivity index (χ2v) is 3.46. The summed E-state index contributed by atoms with van der Waals surface area (Å²) in [6, 6.07) is 8.07. The smallest absolute Gasteiger partial charge is 0.123 e. The van der Waals surface area contributed by atoms with Crippen molar-refractivity contribution in [3.8, 4) is 0 Å². The third-order valence-corrected chi connectivity index (χ3v) is 2.56. The zero-order valence-electron chi connectivity index (χ0n) is 7.60. The van der Waals surface area contributed by atoms with Gasteiger partial charge < -0.3 is 0 Å². The Labute approximate surface area is 82.1 Å². The Morgan fingerprint density at radius 3 is 3.14 bits per heavy atom. The predicted octanol–water partition coefficient (Wildman–Crippen LogP) is 1.69. The molecular formula is C11H10N2O. The third kappa shape index (κ3) is 0.967. The molecule has 2 aliphatic heterocycles. The Morgan fingerprint density at radius 1 is 1.36 bits per heavy atom. The van der Waals surface area contributed by atoms with Gasteiger partial charge in [0.2, 0.25) is 0 Å². The van der Waals surface area contributed by atoms with Crippen LogP contribution in [0.2, 0.25) is 0 Å². The van der Waals surface area contributed by atoms with Crippen LogP contribution in [0.15, 0.2) is 41.4 Å². The fourth-order valence-electron chi connectivity index (χ4n) is 1.87. The molecule has 3 rings (SSSR count). The first-order valence-corrected chi connectivity index (χ1v) is 4.62. The van der Waals surface area contributed by atoms with E-state index < -0.39 is 0 Å². The number of hydrogen-bond donors (Lipinski definition) is 1. The zero-order valence-corrected chi connectivity index (χ0v) is 7.60. The number of aliphatic imine (C=N–C) groups is 1. The van der Waals surface area contributed by atoms with E-state index in [1.54, 1.807) is 0 Å². The fourth-order valence-corrected chi connectivity index (χ4v) is 1.87. The van der Waals surface area contributed by atoms with Gasteiger partial charge in [-0.1, -0.05) is 30.4 Å². The van der Waals surface area contributed by atoms with E-state index in [2.05, 4.69) is 22.6 Å². The van der Waals surface area contributed by atoms with Crippen molar-refractivity contribution in [3.05, 3.63) is 42.0 Å². The van der Waals surface area contributed by atoms with Crippen molar-refractivity contribution in [3.63, 3.8) is 0 Å². The van der Waals surface area contributed by atoms with Gasteiger partial charge in [-0.3, -0.25) is 9.83 Å². The number of rotatable bonds is 0. The summed E-state index contributed by atoms with van der Waals surface area (Å²) in [6.07, 6.45) is 5.98. The van der Waals surface area contributed by atoms with Gasteiger partial charge in [0, 0.05) is 11.8 Å². The molecule has 0 radical (unpaired) electrons. The van der Waals surface area contributed by atoms with Crippen molar-refractivity contribution in [2.45, 2.75) is 5.54 Å². The van der Waals surface area contributed by atoms with Crippen LogP contribution in [0.1, 0.15) is 5.56 Å². The van der Waals surface area contributed by atoms with E-state index in [4.69, 9.17) is 4.84 Å². The molecule has 14 heavy (non-hydrogen) atoms. The Hall–Kier alpha value is -1.45. The third-order valence-electron chi connectivity index (χ3n) is 2.56. The lowest BCUT2D eigenvalue weighted by Gasteiger charge is -2.27. The van der Waals surface area contributed by atoms with Crippen molar-refractivity contribution >= 4 is 11.9 Å². The van der Waals surface area contributed by atoms with Gasteiger partial charge in [-0.05, 0) is 6.07 Å². The SMILES string of the molecule is C1=CC2(C=Nc3ccccc32)NOC1. The first-order chi connectivity index (χ1) is 6.91. The van der Waals surface area contributed by atoms with E-state index in [9.17, 15) is 0 Å². The number of nitrogens with one attached hydrogen (secondary N) is 1. The van der Waals surface area contributed by atoms with Crippen molar-refractivity contribution in [1.82, 2.24) is 5.48 Å². The fraction of sp³-hybridized carbons (Fsp3) is 0.182. The maximum Gasteiger partial charge on any atom is 0.123 e. The van der Waals surface area contributed by atoms with Gasteiger partial charge >= 0.3 is 0 Å². The topological polar surface area (TPSA) is 33.6 Å². The van der Waals surface area contributed by atoms with Crippen LogP contribution < -0.4 is 5.48 Å². The molecule has 0 bridgehead atoms. The quantitative estimate of drug-likeness (QED) is 0.625. The number of para-hydroxylation sites is 1. The molecule has 2 aliphatic rings. The van der Waals surface area contributed by atoms with E-state index in [-0.39, 0.29) is 5.54 Å². The molecule has 1 unspecified atom stereocenters. The summed E-state index contributed by atoms with van der Waals surface area (Å²) in [7, 11) is 0. The molecular weight excluding hydrogens is 176 g/mol. The summed E-state index contributed by atoms with van der Waals surface area (Å²) in [6.45, 7) is 0.609. The highest BCUT2D eigenvalue weighted by atomic mass is 16.6. The molecule has 2 heterocycles. The van der Waals surface area contributed by atoms with Crippen molar-refractivity contribution in [1.29, 1.82) is 0 Å². The van der Waals surface area contributed by atoms with Gasteiger partial charge in [-0.2, -0.15) is 5.48 Å². The Morgan fingerprint density at radius 2 is 2.29 bits per heavy atom. The first kappa shape index (κ1) is 7.91. The van der Waals surface area contributed by atoms with Crippen LogP contribution in [-0.4, -0.2) is 12.8 Å². The molecule has 1 aromatic rings. The van der Waals surface area contributed by atoms with E-state index in [1.807, 2.05) is 30.5 Å². The molecule has 1 N–H and O–H groups in total. The molecule has 70 valence electrons. The first-order valence-electron chi connectivity index (χ1n) is 4.62. The van der Waals surface area contributed by atoms with Crippen molar-refractivity contribution in [2.24, 2.45) is 4.99 Å². The number of nitrogens with zero attached hydrogens (tertiary/aromatic N) is 1. The monoisotopic (exact) mass is 186 g/mol. The molecule has 3 heteroatoms. The Bertz CT molecular complexity index is 425. The molecule has 0 amide bonds. The Balaban J connectivity index is 2.16. The van der Waals surface area contributed by atoms with Crippen LogP contribution in [0.5, 0.6) is 0 Å². The zero-order chi connectivity index (χ0) is 9.43. The van der Waals surface area contributed by atoms with E-state index in [0.29, 0.717) is 6.61 Å². The van der Waals surface area contributed by atoms with E-state index in [0.717, 1.165) is 11.3 Å². The average Bonchev–Trinajstić information content (AvgIpc) is 2.60. The van der Waals surface area contributed by atoms with Gasteiger partial charge in [-0.15, -0.1) is 0 Å². The molecule has 0 aliphatic carbocycles. The minimum atomic E-state index is -0.338. The summed E-state index contributed by atoms with van der Waals surface area (Å²) in [5.74, 6) is 0. The normalized spacial score (nSPS) is 28.3. The van der Waals surface area contributed by atoms with Gasteiger partial charge in [-0.25, -0.2) is 0 Å². The van der Waals surface area contributed by atoms with Crippen LogP contribution in [0.3, 0.4) is 0 Å². The lowest BCUT2D eigenvalue weighted by Crippen LogP contribution is -2.42. The van der Waals surface area contributed by atoms with Crippen molar-refractivity contribution < 1.29 is 4.84 Å². The highest BCUT2D eigenvalue weighted by molar-refractivity contribution is 5.86. The highest BCUT2D eigenvalue weighted by Crippen LogP contribution is 2.36. The second kappa shape index (κ2) is 2.77. The molecule has 0 aromatic heterocycles. The van der Waals surface area contributed by atoms with Crippen LogP contribution in [0.25, 0.3) is 0 Å². The molecule has 0 saturated carbocycles. The van der Waals surface area contributed by atoms with Crippen LogP contribution in [0, 0.1) is 0 Å². The van der Waals surface area contributed by atoms with Crippen LogP contribution in [0.4, 0.5) is 5.69 Å². The molecule has 0 fully saturated rings. The predicted molar refractivity (Wildman–Crippen MR) is 54.5 cm³/mol. The summed E-state index contributed by atoms with van der Waals surface area (Å²) in [5, 5.41) is 0. The molecule has 1 atom stereocenters. The highest BCUT2D eigenvalue weighted by Gasteiger charge is 2.35. The molecule has 3 nitrogen and oxygen atoms in total. The number of fused-ring (bicyclic) bond motifs is 2. The second-order valence-electron chi connectivity index (χ2n) is 3.46. The number of hydroxylamine groups is 1. The van der Waals surface area contributed by atoms with Crippen LogP contribution >= 0.6 is 0 Å². The molecule has 1 aromatic carbocycles. The van der Waals surface area contributed by atoms with Gasteiger partial charge in [0.1, 0.15) is 5.54 Å². The maximum absolute atomic E-state index is 5.24. The van der Waals surface area contributed by atoms with E-state index in [1.165, 1.54) is 0 Å². The van der Waals surface area contributed by atoms with Gasteiger partial charge in [0.15, 0.2) is 0 Å². The minimum Gasteiger partial charge on any atom is -0.296 e. The molecule has 0 saturated heterocycles. The van der Waals surface area contributed by atoms with Crippen LogP contribution in [-0.2, 0) is 10.4 Å². The Kier molecular flexibility index (Phi) is 1.56. The lowest BCUT2D eigenvalue weighted by molar-refractivity contribution is 0.0211. The molecule has 1 spiro atoms. The standard InChI is InChI=1S/C11H10N2O/c1-2-5-10-9(4-1)11(8-12-10)6-3-7-14-13-11/h1-6,8,13H,7H2. The number of benzene rings is 1. The lowest BCUT2D eigenvalue weighted by atomic mass is 9.92.